The van der Waals surface area contributed by atoms with Gasteiger partial charge in [0.25, 0.3) is 31.8 Å². The maximum absolute atomic E-state index is 12.2. The molecule has 0 aliphatic rings. The van der Waals surface area contributed by atoms with Crippen LogP contribution < -0.4 is 9.44 Å². The summed E-state index contributed by atoms with van der Waals surface area (Å²) < 4.78 is 65.0. The van der Waals surface area contributed by atoms with E-state index in [-0.39, 0.29) is 47.9 Å². The number of aromatic nitrogens is 2. The summed E-state index contributed by atoms with van der Waals surface area (Å²) >= 11 is 37.8. The lowest BCUT2D eigenvalue weighted by atomic mass is 10.5. The normalized spacial score (nSPS) is 11.8. The van der Waals surface area contributed by atoms with Crippen LogP contribution in [0, 0.1) is 13.8 Å². The Morgan fingerprint density at radius 3 is 1.16 bits per heavy atom. The topological polar surface area (TPSA) is 144 Å². The highest BCUT2D eigenvalue weighted by molar-refractivity contribution is 9.11. The van der Waals surface area contributed by atoms with Crippen LogP contribution in [-0.4, -0.2) is 27.1 Å². The number of nitrogens with one attached hydrogen (secondary N) is 2. The van der Waals surface area contributed by atoms with Gasteiger partial charge in [0.2, 0.25) is 0 Å². The Hall–Kier alpha value is 0.400. The van der Waals surface area contributed by atoms with Crippen molar-refractivity contribution in [3.8, 4) is 0 Å². The van der Waals surface area contributed by atoms with Crippen LogP contribution in [0.15, 0.2) is 36.7 Å². The number of thiophene rings is 2. The predicted molar refractivity (Wildman–Crippen MR) is 164 cm³/mol. The van der Waals surface area contributed by atoms with Gasteiger partial charge in [-0.2, -0.15) is 0 Å². The number of anilines is 2. The standard InChI is InChI=1S/2C8H4Br2Cl2N2O3S2/c2*1-2-3(9)8(17-13-2)14-19(15,16)5-4(10)6(11)18-7(5)12/h2*14H,1H3. The van der Waals surface area contributed by atoms with Crippen molar-refractivity contribution < 1.29 is 25.9 Å². The molecule has 4 aromatic heterocycles. The Bertz CT molecular complexity index is 1610. The molecule has 4 heterocycles. The first kappa shape index (κ1) is 32.9. The molecule has 0 spiro atoms. The molecule has 0 amide bonds. The molecule has 38 heavy (non-hydrogen) atoms. The zero-order valence-electron chi connectivity index (χ0n) is 18.0. The summed E-state index contributed by atoms with van der Waals surface area (Å²) in [4.78, 5) is -0.268. The molecule has 0 aliphatic carbocycles. The van der Waals surface area contributed by atoms with Gasteiger partial charge < -0.3 is 9.05 Å². The Kier molecular flexibility index (Phi) is 11.0. The Morgan fingerprint density at radius 1 is 0.632 bits per heavy atom. The highest BCUT2D eigenvalue weighted by Crippen LogP contribution is 2.45. The number of halogens is 8. The van der Waals surface area contributed by atoms with Crippen molar-refractivity contribution in [3.05, 3.63) is 46.6 Å². The van der Waals surface area contributed by atoms with Crippen LogP contribution in [0.25, 0.3) is 0 Å². The second-order valence-corrected chi connectivity index (χ2v) is 17.5. The summed E-state index contributed by atoms with van der Waals surface area (Å²) in [6.07, 6.45) is 0. The number of hydrogen-bond acceptors (Lipinski definition) is 10. The van der Waals surface area contributed by atoms with Crippen molar-refractivity contribution in [2.75, 3.05) is 9.44 Å². The molecule has 2 N–H and O–H groups in total. The Balaban J connectivity index is 0.000000211. The summed E-state index contributed by atoms with van der Waals surface area (Å²) in [5, 5.41) is 7.25. The molecule has 4 aromatic rings. The van der Waals surface area contributed by atoms with Gasteiger partial charge in [0.15, 0.2) is 0 Å². The minimum absolute atomic E-state index is 0.0252. The number of aryl methyl sites for hydroxylation is 2. The average molecular weight is 942 g/mol. The molecular formula is C16H8Br4Cl4N4O6S4. The minimum atomic E-state index is -3.93. The van der Waals surface area contributed by atoms with Gasteiger partial charge in [0.1, 0.15) is 36.1 Å². The molecule has 208 valence electrons. The molecule has 0 saturated carbocycles. The highest BCUT2D eigenvalue weighted by atomic mass is 79.9. The van der Waals surface area contributed by atoms with E-state index >= 15 is 0 Å². The molecule has 22 heteroatoms. The molecule has 10 nitrogen and oxygen atoms in total. The van der Waals surface area contributed by atoms with E-state index in [1.54, 1.807) is 13.8 Å². The molecular weight excluding hydrogens is 934 g/mol. The van der Waals surface area contributed by atoms with Gasteiger partial charge in [0.05, 0.1) is 20.3 Å². The summed E-state index contributed by atoms with van der Waals surface area (Å²) in [7, 11) is -7.86. The fraction of sp³-hybridized carbons (Fsp3) is 0.125. The molecule has 0 atom stereocenters. The average Bonchev–Trinajstić information content (AvgIpc) is 3.46. The van der Waals surface area contributed by atoms with E-state index in [4.69, 9.17) is 55.4 Å². The second-order valence-electron chi connectivity index (χ2n) is 6.62. The zero-order chi connectivity index (χ0) is 28.7. The van der Waals surface area contributed by atoms with Gasteiger partial charge in [-0.05, 0) is 77.6 Å². The first-order valence-corrected chi connectivity index (χ1v) is 18.3. The minimum Gasteiger partial charge on any atom is -0.336 e. The van der Waals surface area contributed by atoms with E-state index in [2.05, 4.69) is 83.5 Å². The molecule has 4 rings (SSSR count). The van der Waals surface area contributed by atoms with Crippen molar-refractivity contribution in [3.63, 3.8) is 0 Å². The molecule has 0 aliphatic heterocycles. The summed E-state index contributed by atoms with van der Waals surface area (Å²) in [5.41, 5.74) is 1.04. The van der Waals surface area contributed by atoms with Crippen LogP contribution in [0.1, 0.15) is 11.4 Å². The van der Waals surface area contributed by atoms with E-state index < -0.39 is 20.0 Å². The third kappa shape index (κ3) is 7.06. The first-order valence-electron chi connectivity index (χ1n) is 9.03. The van der Waals surface area contributed by atoms with E-state index in [0.29, 0.717) is 20.3 Å². The summed E-state index contributed by atoms with van der Waals surface area (Å²) in [6, 6.07) is 0. The van der Waals surface area contributed by atoms with Crippen molar-refractivity contribution in [2.45, 2.75) is 23.6 Å². The largest absolute Gasteiger partial charge is 0.336 e. The van der Waals surface area contributed by atoms with E-state index in [1.165, 1.54) is 0 Å². The quantitative estimate of drug-likeness (QED) is 0.195. The summed E-state index contributed by atoms with van der Waals surface area (Å²) in [6.45, 7) is 3.32. The zero-order valence-corrected chi connectivity index (χ0v) is 30.6. The van der Waals surface area contributed by atoms with Gasteiger partial charge in [-0.1, -0.05) is 56.7 Å². The molecule has 0 bridgehead atoms. The van der Waals surface area contributed by atoms with Crippen LogP contribution in [0.4, 0.5) is 11.8 Å². The fourth-order valence-electron chi connectivity index (χ4n) is 2.33. The van der Waals surface area contributed by atoms with E-state index in [1.807, 2.05) is 0 Å². The maximum Gasteiger partial charge on any atom is 0.267 e. The lowest BCUT2D eigenvalue weighted by Gasteiger charge is -2.04. The van der Waals surface area contributed by atoms with Gasteiger partial charge in [0, 0.05) is 0 Å². The lowest BCUT2D eigenvalue weighted by Crippen LogP contribution is -2.13. The molecule has 0 fully saturated rings. The highest BCUT2D eigenvalue weighted by Gasteiger charge is 2.29. The van der Waals surface area contributed by atoms with E-state index in [0.717, 1.165) is 22.7 Å². The maximum atomic E-state index is 12.2. The number of sulfonamides is 2. The number of hydrogen-bond donors (Lipinski definition) is 2. The first-order chi connectivity index (χ1) is 17.5. The van der Waals surface area contributed by atoms with Crippen molar-refractivity contribution in [2.24, 2.45) is 0 Å². The van der Waals surface area contributed by atoms with Gasteiger partial charge in [-0.15, -0.1) is 22.7 Å². The molecule has 0 radical (unpaired) electrons. The molecule has 0 aromatic carbocycles. The van der Waals surface area contributed by atoms with Gasteiger partial charge in [-0.3, -0.25) is 0 Å². The van der Waals surface area contributed by atoms with Crippen molar-refractivity contribution in [1.29, 1.82) is 0 Å². The second kappa shape index (κ2) is 12.7. The fourth-order valence-corrected chi connectivity index (χ4v) is 12.2. The van der Waals surface area contributed by atoms with Crippen molar-refractivity contribution in [1.82, 2.24) is 10.3 Å². The monoisotopic (exact) mass is 935 g/mol. The van der Waals surface area contributed by atoms with Crippen molar-refractivity contribution >= 4 is 165 Å². The number of nitrogens with zero attached hydrogens (tertiary/aromatic N) is 2. The van der Waals surface area contributed by atoms with Gasteiger partial charge >= 0.3 is 0 Å². The predicted octanol–water partition coefficient (Wildman–Crippen LogP) is 9.35. The molecule has 0 saturated heterocycles. The smallest absolute Gasteiger partial charge is 0.267 e. The number of rotatable bonds is 6. The van der Waals surface area contributed by atoms with Gasteiger partial charge in [-0.25, -0.2) is 26.3 Å². The third-order valence-electron chi connectivity index (χ3n) is 4.03. The van der Waals surface area contributed by atoms with Crippen LogP contribution in [0.5, 0.6) is 0 Å². The lowest BCUT2D eigenvalue weighted by molar-refractivity contribution is 0.430. The van der Waals surface area contributed by atoms with Crippen LogP contribution >= 0.6 is 133 Å². The van der Waals surface area contributed by atoms with Crippen LogP contribution in [-0.2, 0) is 20.0 Å². The SMILES string of the molecule is Cc1noc(NS(=O)(=O)c2c(Cl)sc(Cl)c2Br)c1Br.Cc1noc(NS(=O)(=O)c2c(Cl)sc(Cl)c2Br)c1Br. The van der Waals surface area contributed by atoms with E-state index in [9.17, 15) is 16.8 Å². The molecule has 0 unspecified atom stereocenters. The Labute approximate surface area is 277 Å². The summed E-state index contributed by atoms with van der Waals surface area (Å²) in [5.74, 6) is -0.0504. The third-order valence-corrected chi connectivity index (χ3v) is 15.5. The van der Waals surface area contributed by atoms with Crippen LogP contribution in [0.3, 0.4) is 0 Å². The Morgan fingerprint density at radius 2 is 0.947 bits per heavy atom. The van der Waals surface area contributed by atoms with Crippen LogP contribution in [0.2, 0.25) is 17.3 Å².